The molecule has 1 fully saturated rings. The molecule has 0 aromatic carbocycles. The van der Waals surface area contributed by atoms with E-state index in [9.17, 15) is 0 Å². The van der Waals surface area contributed by atoms with Crippen LogP contribution in [0.1, 0.15) is 19.5 Å². The highest BCUT2D eigenvalue weighted by atomic mass is 32.2. The van der Waals surface area contributed by atoms with E-state index < -0.39 is 0 Å². The number of rotatable bonds is 4. The maximum absolute atomic E-state index is 4.86. The molecule has 108 valence electrons. The maximum Gasteiger partial charge on any atom is 0.152 e. The summed E-state index contributed by atoms with van der Waals surface area (Å²) in [5.41, 5.74) is 2.32. The van der Waals surface area contributed by atoms with E-state index in [-0.39, 0.29) is 0 Å². The number of aromatic nitrogens is 2. The molecule has 1 aliphatic heterocycles. The van der Waals surface area contributed by atoms with E-state index in [2.05, 4.69) is 64.6 Å². The summed E-state index contributed by atoms with van der Waals surface area (Å²) in [7, 11) is 0. The monoisotopic (exact) mass is 290 g/mol. The molecular formula is C15H22N4S. The fourth-order valence-corrected chi connectivity index (χ4v) is 3.72. The number of hydrogen-bond acceptors (Lipinski definition) is 4. The highest BCUT2D eigenvalue weighted by molar-refractivity contribution is 8.00. The van der Waals surface area contributed by atoms with E-state index in [4.69, 9.17) is 4.98 Å². The Balaban J connectivity index is 1.99. The van der Waals surface area contributed by atoms with Gasteiger partial charge in [0.25, 0.3) is 0 Å². The normalized spacial score (nSPS) is 19.7. The predicted octanol–water partition coefficient (Wildman–Crippen LogP) is 2.39. The standard InChI is InChI=1S/C15H22N4S/c1-3-16-10-13-15(18-8-9-20-12(2)11-18)17-14-6-4-5-7-19(13)14/h4-7,12,16H,3,8-11H2,1-2H3. The Morgan fingerprint density at radius 3 is 3.15 bits per heavy atom. The summed E-state index contributed by atoms with van der Waals surface area (Å²) >= 11 is 2.06. The van der Waals surface area contributed by atoms with Crippen LogP contribution in [0.25, 0.3) is 5.65 Å². The number of thioether (sulfide) groups is 1. The molecule has 1 aliphatic rings. The summed E-state index contributed by atoms with van der Waals surface area (Å²) in [6.07, 6.45) is 2.11. The number of nitrogens with one attached hydrogen (secondary N) is 1. The number of hydrogen-bond donors (Lipinski definition) is 1. The van der Waals surface area contributed by atoms with Gasteiger partial charge in [0, 0.05) is 36.8 Å². The molecule has 3 rings (SSSR count). The van der Waals surface area contributed by atoms with Crippen LogP contribution < -0.4 is 10.2 Å². The van der Waals surface area contributed by atoms with Gasteiger partial charge < -0.3 is 14.6 Å². The van der Waals surface area contributed by atoms with Crippen molar-refractivity contribution in [1.29, 1.82) is 0 Å². The van der Waals surface area contributed by atoms with Gasteiger partial charge in [-0.3, -0.25) is 0 Å². The van der Waals surface area contributed by atoms with E-state index in [0.717, 1.165) is 37.6 Å². The summed E-state index contributed by atoms with van der Waals surface area (Å²) in [6, 6.07) is 6.21. The fraction of sp³-hybridized carbons (Fsp3) is 0.533. The molecule has 5 heteroatoms. The quantitative estimate of drug-likeness (QED) is 0.937. The molecule has 0 aliphatic carbocycles. The highest BCUT2D eigenvalue weighted by Crippen LogP contribution is 2.27. The topological polar surface area (TPSA) is 32.6 Å². The van der Waals surface area contributed by atoms with Gasteiger partial charge in [0.05, 0.1) is 5.69 Å². The SMILES string of the molecule is CCNCc1c(N2CCSC(C)C2)nc2ccccn12. The Bertz CT molecular complexity index is 580. The van der Waals surface area contributed by atoms with Crippen molar-refractivity contribution >= 4 is 23.2 Å². The summed E-state index contributed by atoms with van der Waals surface area (Å²) < 4.78 is 2.21. The third-order valence-electron chi connectivity index (χ3n) is 3.69. The molecule has 0 spiro atoms. The van der Waals surface area contributed by atoms with Crippen molar-refractivity contribution in [2.75, 3.05) is 30.3 Å². The second-order valence-electron chi connectivity index (χ2n) is 5.22. The lowest BCUT2D eigenvalue weighted by Crippen LogP contribution is -2.37. The zero-order valence-corrected chi connectivity index (χ0v) is 13.0. The van der Waals surface area contributed by atoms with Gasteiger partial charge in [-0.1, -0.05) is 19.9 Å². The molecule has 2 aromatic rings. The Hall–Kier alpha value is -1.20. The summed E-state index contributed by atoms with van der Waals surface area (Å²) in [5, 5.41) is 4.12. The Morgan fingerprint density at radius 2 is 2.35 bits per heavy atom. The fourth-order valence-electron chi connectivity index (χ4n) is 2.71. The van der Waals surface area contributed by atoms with E-state index in [1.165, 1.54) is 11.4 Å². The lowest BCUT2D eigenvalue weighted by Gasteiger charge is -2.31. The summed E-state index contributed by atoms with van der Waals surface area (Å²) in [6.45, 7) is 8.48. The Kier molecular flexibility index (Phi) is 4.17. The molecule has 3 heterocycles. The van der Waals surface area contributed by atoms with Crippen molar-refractivity contribution < 1.29 is 0 Å². The number of pyridine rings is 1. The largest absolute Gasteiger partial charge is 0.353 e. The minimum atomic E-state index is 0.681. The second kappa shape index (κ2) is 6.06. The van der Waals surface area contributed by atoms with Crippen LogP contribution in [0, 0.1) is 0 Å². The first-order valence-corrected chi connectivity index (χ1v) is 8.37. The molecule has 0 amide bonds. The van der Waals surface area contributed by atoms with E-state index in [1.807, 2.05) is 0 Å². The molecule has 1 atom stereocenters. The van der Waals surface area contributed by atoms with Crippen molar-refractivity contribution in [2.45, 2.75) is 25.6 Å². The molecular weight excluding hydrogens is 268 g/mol. The highest BCUT2D eigenvalue weighted by Gasteiger charge is 2.22. The number of anilines is 1. The molecule has 0 bridgehead atoms. The van der Waals surface area contributed by atoms with Crippen molar-refractivity contribution in [3.63, 3.8) is 0 Å². The van der Waals surface area contributed by atoms with E-state index >= 15 is 0 Å². The molecule has 0 radical (unpaired) electrons. The van der Waals surface area contributed by atoms with Gasteiger partial charge in [0.15, 0.2) is 5.82 Å². The minimum Gasteiger partial charge on any atom is -0.353 e. The van der Waals surface area contributed by atoms with Gasteiger partial charge in [-0.25, -0.2) is 4.98 Å². The molecule has 1 saturated heterocycles. The van der Waals surface area contributed by atoms with Crippen LogP contribution in [0.15, 0.2) is 24.4 Å². The average molecular weight is 290 g/mol. The lowest BCUT2D eigenvalue weighted by molar-refractivity contribution is 0.694. The van der Waals surface area contributed by atoms with Crippen molar-refractivity contribution in [3.8, 4) is 0 Å². The van der Waals surface area contributed by atoms with E-state index in [0.29, 0.717) is 5.25 Å². The lowest BCUT2D eigenvalue weighted by atomic mass is 10.3. The molecule has 2 aromatic heterocycles. The molecule has 0 saturated carbocycles. The van der Waals surface area contributed by atoms with Crippen LogP contribution in [0.4, 0.5) is 5.82 Å². The van der Waals surface area contributed by atoms with Gasteiger partial charge in [0.1, 0.15) is 5.65 Å². The maximum atomic E-state index is 4.86. The summed E-state index contributed by atoms with van der Waals surface area (Å²) in [5.74, 6) is 2.35. The zero-order valence-electron chi connectivity index (χ0n) is 12.2. The first kappa shape index (κ1) is 13.8. The third-order valence-corrected chi connectivity index (χ3v) is 4.83. The van der Waals surface area contributed by atoms with Gasteiger partial charge in [-0.2, -0.15) is 11.8 Å². The molecule has 20 heavy (non-hydrogen) atoms. The first-order valence-electron chi connectivity index (χ1n) is 7.33. The Labute approximate surface area is 124 Å². The van der Waals surface area contributed by atoms with Crippen LogP contribution in [-0.4, -0.2) is 40.0 Å². The van der Waals surface area contributed by atoms with Gasteiger partial charge in [-0.05, 0) is 18.7 Å². The van der Waals surface area contributed by atoms with Crippen LogP contribution in [0.5, 0.6) is 0 Å². The van der Waals surface area contributed by atoms with Crippen molar-refractivity contribution in [2.24, 2.45) is 0 Å². The number of nitrogens with zero attached hydrogens (tertiary/aromatic N) is 3. The third kappa shape index (κ3) is 2.65. The molecule has 1 unspecified atom stereocenters. The molecule has 1 N–H and O–H groups in total. The van der Waals surface area contributed by atoms with Crippen LogP contribution in [-0.2, 0) is 6.54 Å². The zero-order chi connectivity index (χ0) is 13.9. The summed E-state index contributed by atoms with van der Waals surface area (Å²) in [4.78, 5) is 7.31. The van der Waals surface area contributed by atoms with Crippen LogP contribution >= 0.6 is 11.8 Å². The predicted molar refractivity (Wildman–Crippen MR) is 86.7 cm³/mol. The van der Waals surface area contributed by atoms with Gasteiger partial charge >= 0.3 is 0 Å². The van der Waals surface area contributed by atoms with E-state index in [1.54, 1.807) is 0 Å². The second-order valence-corrected chi connectivity index (χ2v) is 6.77. The Morgan fingerprint density at radius 1 is 1.45 bits per heavy atom. The minimum absolute atomic E-state index is 0.681. The van der Waals surface area contributed by atoms with Crippen molar-refractivity contribution in [3.05, 3.63) is 30.1 Å². The smallest absolute Gasteiger partial charge is 0.152 e. The van der Waals surface area contributed by atoms with Crippen LogP contribution in [0.2, 0.25) is 0 Å². The average Bonchev–Trinajstić information content (AvgIpc) is 2.84. The number of fused-ring (bicyclic) bond motifs is 1. The van der Waals surface area contributed by atoms with Crippen LogP contribution in [0.3, 0.4) is 0 Å². The van der Waals surface area contributed by atoms with Gasteiger partial charge in [0.2, 0.25) is 0 Å². The van der Waals surface area contributed by atoms with Crippen molar-refractivity contribution in [1.82, 2.24) is 14.7 Å². The first-order chi connectivity index (χ1) is 9.79. The number of imidazole rings is 1. The molecule has 4 nitrogen and oxygen atoms in total. The van der Waals surface area contributed by atoms with Gasteiger partial charge in [-0.15, -0.1) is 0 Å².